The average Bonchev–Trinajstić information content (AvgIpc) is 3.79. The van der Waals surface area contributed by atoms with Crippen molar-refractivity contribution in [3.8, 4) is 0 Å². The van der Waals surface area contributed by atoms with Gasteiger partial charge in [-0.2, -0.15) is 0 Å². The average molecular weight is 761 g/mol. The summed E-state index contributed by atoms with van der Waals surface area (Å²) in [5.74, 6) is -3.60. The molecule has 0 bridgehead atoms. The van der Waals surface area contributed by atoms with E-state index in [0.717, 1.165) is 22.3 Å². The Balaban J connectivity index is 1.52. The summed E-state index contributed by atoms with van der Waals surface area (Å²) in [4.78, 5) is 60.0. The molecule has 0 radical (unpaired) electrons. The van der Waals surface area contributed by atoms with Gasteiger partial charge in [0.15, 0.2) is 12.4 Å². The lowest BCUT2D eigenvalue weighted by atomic mass is 9.98. The van der Waals surface area contributed by atoms with E-state index in [2.05, 4.69) is 33.4 Å². The van der Waals surface area contributed by atoms with E-state index in [1.54, 1.807) is 32.1 Å². The number of nitrogens with zero attached hydrogens (tertiary/aromatic N) is 1. The molecular formula is C39H44N4O12. The van der Waals surface area contributed by atoms with Crippen LogP contribution in [0.15, 0.2) is 64.0 Å². The number of aromatic nitrogens is 2. The number of carboxylic acid groups (broad SMARTS) is 2. The highest BCUT2D eigenvalue weighted by Gasteiger charge is 2.47. The molecule has 55 heavy (non-hydrogen) atoms. The number of H-pyrrole nitrogens is 2. The summed E-state index contributed by atoms with van der Waals surface area (Å²) in [6.07, 6.45) is -2.66. The number of carboxylic acids is 2. The molecule has 9 N–H and O–H groups in total. The minimum Gasteiger partial charge on any atom is -0.481 e. The molecule has 0 saturated carbocycles. The molecule has 3 aliphatic heterocycles. The van der Waals surface area contributed by atoms with Crippen molar-refractivity contribution in [2.45, 2.75) is 90.5 Å². The number of aliphatic hydroxyl groups is 4. The minimum absolute atomic E-state index is 0.139. The molecule has 16 heteroatoms. The molecule has 5 rings (SSSR count). The number of allylic oxidation sites excluding steroid dienone is 2. The van der Waals surface area contributed by atoms with Gasteiger partial charge in [0.05, 0.1) is 11.4 Å². The first-order chi connectivity index (χ1) is 26.0. The van der Waals surface area contributed by atoms with Crippen LogP contribution < -0.4 is 5.32 Å². The summed E-state index contributed by atoms with van der Waals surface area (Å²) in [5, 5.41) is 61.9. The van der Waals surface area contributed by atoms with E-state index in [9.17, 15) is 49.8 Å². The molecule has 0 unspecified atom stereocenters. The van der Waals surface area contributed by atoms with Crippen LogP contribution in [0.2, 0.25) is 0 Å². The monoisotopic (exact) mass is 760 g/mol. The Morgan fingerprint density at radius 1 is 0.800 bits per heavy atom. The lowest BCUT2D eigenvalue weighted by molar-refractivity contribution is -0.279. The number of aromatic amines is 2. The number of rotatable bonds is 13. The maximum Gasteiger partial charge on any atom is 0.344 e. The first kappa shape index (κ1) is 40.5. The molecule has 0 aliphatic carbocycles. The summed E-state index contributed by atoms with van der Waals surface area (Å²) in [7, 11) is 0. The van der Waals surface area contributed by atoms with Crippen LogP contribution in [0.5, 0.6) is 0 Å². The summed E-state index contributed by atoms with van der Waals surface area (Å²) in [5.41, 5.74) is 8.53. The largest absolute Gasteiger partial charge is 0.481 e. The van der Waals surface area contributed by atoms with Crippen molar-refractivity contribution in [1.29, 1.82) is 0 Å². The fourth-order valence-electron chi connectivity index (χ4n) is 6.83. The van der Waals surface area contributed by atoms with E-state index in [0.29, 0.717) is 56.5 Å². The zero-order valence-corrected chi connectivity index (χ0v) is 30.7. The zero-order chi connectivity index (χ0) is 40.5. The predicted molar refractivity (Wildman–Crippen MR) is 198 cm³/mol. The smallest absolute Gasteiger partial charge is 0.344 e. The van der Waals surface area contributed by atoms with E-state index in [1.807, 2.05) is 13.8 Å². The Hall–Kier alpha value is -5.65. The third-order valence-electron chi connectivity index (χ3n) is 10.1. The van der Waals surface area contributed by atoms with Crippen molar-refractivity contribution < 1.29 is 59.3 Å². The Labute approximate surface area is 315 Å². The number of nitrogens with one attached hydrogen (secondary N) is 3. The number of esters is 1. The van der Waals surface area contributed by atoms with Crippen molar-refractivity contribution in [2.75, 3.05) is 0 Å². The highest BCUT2D eigenvalue weighted by atomic mass is 16.7. The quantitative estimate of drug-likeness (QED) is 0.133. The normalized spacial score (nSPS) is 24.1. The van der Waals surface area contributed by atoms with Crippen molar-refractivity contribution in [3.05, 3.63) is 104 Å². The summed E-state index contributed by atoms with van der Waals surface area (Å²) in [6, 6.07) is 0. The fourth-order valence-corrected chi connectivity index (χ4v) is 6.83. The van der Waals surface area contributed by atoms with Crippen molar-refractivity contribution in [2.24, 2.45) is 4.99 Å². The number of aliphatic hydroxyl groups excluding tert-OH is 4. The van der Waals surface area contributed by atoms with Gasteiger partial charge >= 0.3 is 17.9 Å². The molecule has 2 aromatic rings. The lowest BCUT2D eigenvalue weighted by Crippen LogP contribution is -2.60. The van der Waals surface area contributed by atoms with Gasteiger partial charge in [0, 0.05) is 58.8 Å². The molecule has 5 heterocycles. The van der Waals surface area contributed by atoms with Gasteiger partial charge in [-0.05, 0) is 80.5 Å². The van der Waals surface area contributed by atoms with Crippen LogP contribution >= 0.6 is 0 Å². The summed E-state index contributed by atoms with van der Waals surface area (Å²) in [6.45, 7) is 14.7. The number of ether oxygens (including phenoxy) is 2. The third-order valence-corrected chi connectivity index (χ3v) is 10.1. The number of carbonyl (C=O) groups is 4. The molecule has 292 valence electrons. The molecule has 1 saturated heterocycles. The number of amides is 1. The predicted octanol–water partition coefficient (Wildman–Crippen LogP) is 2.16. The zero-order valence-electron chi connectivity index (χ0n) is 30.7. The number of hydrogen-bond donors (Lipinski definition) is 9. The summed E-state index contributed by atoms with van der Waals surface area (Å²) < 4.78 is 10.4. The van der Waals surface area contributed by atoms with E-state index in [1.165, 1.54) is 6.08 Å². The Morgan fingerprint density at radius 2 is 1.35 bits per heavy atom. The molecular weight excluding hydrogens is 716 g/mol. The van der Waals surface area contributed by atoms with Crippen molar-refractivity contribution >= 4 is 41.9 Å². The second-order valence-electron chi connectivity index (χ2n) is 13.5. The molecule has 3 aliphatic rings. The second-order valence-corrected chi connectivity index (χ2v) is 13.5. The number of aliphatic imine (C=N–C) groups is 1. The maximum atomic E-state index is 13.0. The first-order valence-electron chi connectivity index (χ1n) is 17.4. The Kier molecular flexibility index (Phi) is 12.1. The van der Waals surface area contributed by atoms with E-state index in [-0.39, 0.29) is 43.9 Å². The van der Waals surface area contributed by atoms with Gasteiger partial charge < -0.3 is 55.4 Å². The van der Waals surface area contributed by atoms with Gasteiger partial charge in [0.2, 0.25) is 5.90 Å². The van der Waals surface area contributed by atoms with Crippen LogP contribution in [0.4, 0.5) is 0 Å². The number of carbonyl (C=O) groups excluding carboxylic acids is 2. The Morgan fingerprint density at radius 3 is 1.87 bits per heavy atom. The van der Waals surface area contributed by atoms with Gasteiger partial charge in [0.1, 0.15) is 18.3 Å². The lowest BCUT2D eigenvalue weighted by Gasteiger charge is -2.36. The molecule has 5 atom stereocenters. The van der Waals surface area contributed by atoms with Gasteiger partial charge in [0.25, 0.3) is 5.91 Å². The topological polar surface area (TPSA) is 264 Å². The van der Waals surface area contributed by atoms with Gasteiger partial charge in [-0.3, -0.25) is 14.4 Å². The van der Waals surface area contributed by atoms with Crippen molar-refractivity contribution in [1.82, 2.24) is 15.3 Å². The highest BCUT2D eigenvalue weighted by molar-refractivity contribution is 6.07. The molecule has 0 aromatic carbocycles. The SMILES string of the molecule is C=CC1=C(C)/C(=C/c2[nH]c(Cc3[nH]c(/C=C4\NC(=O)C(C)=C4C=C)c(C)c3CCC(=O)O)c(CCC(=O)O)c2C)N=C1OC(=O)[C@H]1O[C@@H](O)[C@H](O)[C@@H](O)[C@H]1O. The van der Waals surface area contributed by atoms with Gasteiger partial charge in [-0.25, -0.2) is 9.79 Å². The van der Waals surface area contributed by atoms with Crippen LogP contribution in [0.3, 0.4) is 0 Å². The van der Waals surface area contributed by atoms with E-state index >= 15 is 0 Å². The van der Waals surface area contributed by atoms with Crippen LogP contribution in [0, 0.1) is 13.8 Å². The standard InChI is InChI=1S/C39H44N4O12/c1-7-20-19(6)36(51)42-27(20)14-25-18(5)23(10-12-31(46)47)29(41-25)15-28-22(9-11-30(44)45)17(4)24(40-28)13-26-16(3)21(8-2)37(43-26)55-39(53)35-33(49)32(48)34(50)38(52)54-35/h7-8,13-14,32-35,38,40-41,48-50,52H,1-2,9-12,15H2,3-6H3,(H,42,51)(H,44,45)(H,46,47)/b26-13-,27-14-/t32-,33+,34+,35-,38+/m0/s1. The van der Waals surface area contributed by atoms with Crippen LogP contribution in [0.1, 0.15) is 71.7 Å². The molecule has 1 amide bonds. The molecule has 0 spiro atoms. The first-order valence-corrected chi connectivity index (χ1v) is 17.4. The fraction of sp³-hybridized carbons (Fsp3) is 0.359. The number of hydrogen-bond acceptors (Lipinski definition) is 11. The second kappa shape index (κ2) is 16.4. The van der Waals surface area contributed by atoms with E-state index in [4.69, 9.17) is 9.47 Å². The number of aliphatic carboxylic acids is 2. The minimum atomic E-state index is -1.96. The summed E-state index contributed by atoms with van der Waals surface area (Å²) >= 11 is 0. The van der Waals surface area contributed by atoms with Crippen molar-refractivity contribution in [3.63, 3.8) is 0 Å². The molecule has 2 aromatic heterocycles. The maximum absolute atomic E-state index is 13.0. The molecule has 1 fully saturated rings. The van der Waals surface area contributed by atoms with Crippen LogP contribution in [-0.2, 0) is 47.9 Å². The highest BCUT2D eigenvalue weighted by Crippen LogP contribution is 2.33. The van der Waals surface area contributed by atoms with Gasteiger partial charge in [-0.15, -0.1) is 0 Å². The van der Waals surface area contributed by atoms with Crippen LogP contribution in [-0.4, -0.2) is 101 Å². The molecule has 16 nitrogen and oxygen atoms in total. The van der Waals surface area contributed by atoms with Gasteiger partial charge in [-0.1, -0.05) is 25.3 Å². The van der Waals surface area contributed by atoms with E-state index < -0.39 is 48.6 Å². The third kappa shape index (κ3) is 8.23. The van der Waals surface area contributed by atoms with Crippen LogP contribution in [0.25, 0.3) is 12.2 Å². The Bertz CT molecular complexity index is 2130.